The molecule has 0 spiro atoms. The number of nitrogens with two attached hydrogens (primary N) is 1. The smallest absolute Gasteiger partial charge is 0.139 e. The summed E-state index contributed by atoms with van der Waals surface area (Å²) in [7, 11) is 1.68. The maximum absolute atomic E-state index is 6.46. The fourth-order valence-corrected chi connectivity index (χ4v) is 4.67. The minimum Gasteiger partial charge on any atom is -0.497 e. The number of nitrogens with zero attached hydrogens (tertiary/aromatic N) is 3. The van der Waals surface area contributed by atoms with Gasteiger partial charge in [0.2, 0.25) is 0 Å². The Morgan fingerprint density at radius 1 is 0.939 bits per heavy atom. The number of hydrogen-bond donors (Lipinski definition) is 1. The molecule has 1 atom stereocenters. The van der Waals surface area contributed by atoms with E-state index in [0.717, 1.165) is 45.7 Å². The van der Waals surface area contributed by atoms with Crippen LogP contribution in [0.5, 0.6) is 5.75 Å². The molecular weight excluding hydrogens is 408 g/mol. The number of methoxy groups -OCH3 is 1. The molecule has 1 unspecified atom stereocenters. The van der Waals surface area contributed by atoms with Gasteiger partial charge in [0.25, 0.3) is 0 Å². The molecule has 5 nitrogen and oxygen atoms in total. The molecule has 1 aliphatic heterocycles. The van der Waals surface area contributed by atoms with Crippen LogP contribution in [-0.2, 0) is 12.1 Å². The number of hydrogen-bond acceptors (Lipinski definition) is 4. The topological polar surface area (TPSA) is 65.4 Å². The third-order valence-corrected chi connectivity index (χ3v) is 6.19. The molecule has 2 N–H and O–H groups in total. The van der Waals surface area contributed by atoms with E-state index in [9.17, 15) is 0 Å². The Hall–Kier alpha value is -3.86. The summed E-state index contributed by atoms with van der Waals surface area (Å²) in [5.41, 5.74) is 12.1. The summed E-state index contributed by atoms with van der Waals surface area (Å²) in [6.45, 7) is 5.28. The maximum atomic E-state index is 6.46. The van der Waals surface area contributed by atoms with Gasteiger partial charge in [-0.05, 0) is 46.4 Å². The predicted octanol–water partition coefficient (Wildman–Crippen LogP) is 5.23. The fourth-order valence-electron chi connectivity index (χ4n) is 4.67. The number of aliphatic imine (C=N–C) groups is 1. The first-order valence-corrected chi connectivity index (χ1v) is 11.2. The van der Waals surface area contributed by atoms with Crippen molar-refractivity contribution in [3.05, 3.63) is 107 Å². The first-order valence-electron chi connectivity index (χ1n) is 11.2. The van der Waals surface area contributed by atoms with Crippen LogP contribution in [0.15, 0.2) is 90.2 Å². The molecule has 0 saturated heterocycles. The van der Waals surface area contributed by atoms with Crippen LogP contribution in [0.25, 0.3) is 11.1 Å². The van der Waals surface area contributed by atoms with Crippen molar-refractivity contribution in [2.45, 2.75) is 25.9 Å². The maximum Gasteiger partial charge on any atom is 0.139 e. The Morgan fingerprint density at radius 3 is 2.48 bits per heavy atom. The van der Waals surface area contributed by atoms with Gasteiger partial charge in [0.05, 0.1) is 13.3 Å². The predicted molar refractivity (Wildman–Crippen MR) is 133 cm³/mol. The van der Waals surface area contributed by atoms with Gasteiger partial charge in [-0.15, -0.1) is 0 Å². The summed E-state index contributed by atoms with van der Waals surface area (Å²) in [4.78, 5) is 5.10. The van der Waals surface area contributed by atoms with Gasteiger partial charge in [-0.3, -0.25) is 4.68 Å². The molecule has 0 aliphatic carbocycles. The highest BCUT2D eigenvalue weighted by Crippen LogP contribution is 2.46. The minimum atomic E-state index is -0.725. The van der Waals surface area contributed by atoms with Gasteiger partial charge in [0.1, 0.15) is 17.1 Å². The van der Waals surface area contributed by atoms with Gasteiger partial charge in [0, 0.05) is 23.9 Å². The van der Waals surface area contributed by atoms with E-state index in [1.54, 1.807) is 7.11 Å². The van der Waals surface area contributed by atoms with E-state index in [0.29, 0.717) is 11.8 Å². The molecule has 1 aliphatic rings. The lowest BCUT2D eigenvalue weighted by Gasteiger charge is -2.29. The van der Waals surface area contributed by atoms with Crippen molar-refractivity contribution < 1.29 is 4.74 Å². The normalized spacial score (nSPS) is 17.2. The highest BCUT2D eigenvalue weighted by molar-refractivity contribution is 6.03. The molecule has 0 saturated carbocycles. The number of rotatable bonds is 6. The van der Waals surface area contributed by atoms with Crippen molar-refractivity contribution in [1.82, 2.24) is 9.78 Å². The number of amidine groups is 1. The van der Waals surface area contributed by atoms with Crippen molar-refractivity contribution in [2.24, 2.45) is 16.6 Å². The van der Waals surface area contributed by atoms with E-state index in [1.807, 2.05) is 41.2 Å². The van der Waals surface area contributed by atoms with Gasteiger partial charge >= 0.3 is 0 Å². The highest BCUT2D eigenvalue weighted by atomic mass is 16.5. The number of aromatic nitrogens is 2. The average Bonchev–Trinajstić information content (AvgIpc) is 3.42. The molecule has 0 bridgehead atoms. The van der Waals surface area contributed by atoms with Crippen LogP contribution in [0.3, 0.4) is 0 Å². The molecule has 4 aromatic rings. The van der Waals surface area contributed by atoms with E-state index in [4.69, 9.17) is 15.5 Å². The Bertz CT molecular complexity index is 1320. The Kier molecular flexibility index (Phi) is 5.25. The molecule has 0 amide bonds. The molecule has 3 aromatic carbocycles. The molecule has 1 aromatic heterocycles. The molecule has 5 rings (SSSR count). The first kappa shape index (κ1) is 21.0. The van der Waals surface area contributed by atoms with Crippen molar-refractivity contribution in [1.29, 1.82) is 0 Å². The highest BCUT2D eigenvalue weighted by Gasteiger charge is 2.42. The molecule has 0 radical (unpaired) electrons. The van der Waals surface area contributed by atoms with E-state index in [2.05, 4.69) is 67.6 Å². The largest absolute Gasteiger partial charge is 0.497 e. The lowest BCUT2D eigenvalue weighted by atomic mass is 9.77. The van der Waals surface area contributed by atoms with E-state index in [1.165, 1.54) is 0 Å². The van der Waals surface area contributed by atoms with Crippen molar-refractivity contribution in [3.63, 3.8) is 0 Å². The zero-order valence-electron chi connectivity index (χ0n) is 19.2. The average molecular weight is 437 g/mol. The van der Waals surface area contributed by atoms with Crippen LogP contribution in [0.4, 0.5) is 0 Å². The molecule has 2 heterocycles. The van der Waals surface area contributed by atoms with Crippen LogP contribution < -0.4 is 10.5 Å². The van der Waals surface area contributed by atoms with E-state index < -0.39 is 5.54 Å². The summed E-state index contributed by atoms with van der Waals surface area (Å²) in [5.74, 6) is 1.90. The number of benzene rings is 3. The zero-order chi connectivity index (χ0) is 23.0. The standard InChI is InChI=1S/C28H28N4O/c1-19(2)17-32-18-21(16-30-32)20-7-6-8-23(15-20)28(22-11-13-24(33-3)14-12-22)26-10-5-4-9-25(26)27(29)31-28/h4-16,18-19H,17H2,1-3H3,(H2,29,31). The fraction of sp³-hybridized carbons (Fsp3) is 0.214. The van der Waals surface area contributed by atoms with Crippen LogP contribution in [0.2, 0.25) is 0 Å². The molecule has 0 fully saturated rings. The molecule has 33 heavy (non-hydrogen) atoms. The SMILES string of the molecule is COc1ccc(C2(c3cccc(-c4cnn(CC(C)C)c4)c3)N=C(N)c3ccccc32)cc1. The second-order valence-electron chi connectivity index (χ2n) is 8.91. The summed E-state index contributed by atoms with van der Waals surface area (Å²) in [6.07, 6.45) is 4.04. The number of ether oxygens (including phenoxy) is 1. The summed E-state index contributed by atoms with van der Waals surface area (Å²) in [5, 5.41) is 4.56. The zero-order valence-corrected chi connectivity index (χ0v) is 19.2. The van der Waals surface area contributed by atoms with E-state index in [-0.39, 0.29) is 0 Å². The second kappa shape index (κ2) is 8.24. The van der Waals surface area contributed by atoms with Gasteiger partial charge < -0.3 is 10.5 Å². The van der Waals surface area contributed by atoms with Crippen molar-refractivity contribution in [3.8, 4) is 16.9 Å². The van der Waals surface area contributed by atoms with Gasteiger partial charge in [-0.1, -0.05) is 68.4 Å². The lowest BCUT2D eigenvalue weighted by Crippen LogP contribution is -2.25. The van der Waals surface area contributed by atoms with Gasteiger partial charge in [0.15, 0.2) is 0 Å². The monoisotopic (exact) mass is 436 g/mol. The number of fused-ring (bicyclic) bond motifs is 1. The molecular formula is C28H28N4O. The quantitative estimate of drug-likeness (QED) is 0.450. The first-order chi connectivity index (χ1) is 16.0. The van der Waals surface area contributed by atoms with Gasteiger partial charge in [-0.25, -0.2) is 4.99 Å². The Balaban J connectivity index is 1.68. The Morgan fingerprint density at radius 2 is 1.73 bits per heavy atom. The third-order valence-electron chi connectivity index (χ3n) is 6.19. The summed E-state index contributed by atoms with van der Waals surface area (Å²) >= 11 is 0. The van der Waals surface area contributed by atoms with Crippen molar-refractivity contribution >= 4 is 5.84 Å². The molecule has 5 heteroatoms. The summed E-state index contributed by atoms with van der Waals surface area (Å²) in [6, 6.07) is 24.9. The van der Waals surface area contributed by atoms with Crippen LogP contribution in [0, 0.1) is 5.92 Å². The summed E-state index contributed by atoms with van der Waals surface area (Å²) < 4.78 is 7.40. The third kappa shape index (κ3) is 3.59. The van der Waals surface area contributed by atoms with Crippen molar-refractivity contribution in [2.75, 3.05) is 7.11 Å². The van der Waals surface area contributed by atoms with Crippen LogP contribution in [0.1, 0.15) is 36.1 Å². The second-order valence-corrected chi connectivity index (χ2v) is 8.91. The van der Waals surface area contributed by atoms with Gasteiger partial charge in [-0.2, -0.15) is 5.10 Å². The minimum absolute atomic E-state index is 0.537. The van der Waals surface area contributed by atoms with Crippen LogP contribution in [-0.4, -0.2) is 22.7 Å². The lowest BCUT2D eigenvalue weighted by molar-refractivity contribution is 0.414. The molecule has 166 valence electrons. The van der Waals surface area contributed by atoms with Crippen LogP contribution >= 0.6 is 0 Å². The Labute approximate surface area is 194 Å². The van der Waals surface area contributed by atoms with E-state index >= 15 is 0 Å².